The number of nitrogens with two attached hydrogens (primary N) is 1. The molecule has 0 heterocycles. The minimum Gasteiger partial charge on any atom is -0.504 e. The van der Waals surface area contributed by atoms with E-state index in [0.717, 1.165) is 0 Å². The van der Waals surface area contributed by atoms with E-state index in [1.807, 2.05) is 0 Å². The van der Waals surface area contributed by atoms with E-state index in [9.17, 15) is 9.90 Å². The van der Waals surface area contributed by atoms with Gasteiger partial charge in [-0.1, -0.05) is 6.07 Å². The van der Waals surface area contributed by atoms with Gasteiger partial charge in [-0.05, 0) is 23.8 Å². The maximum absolute atomic E-state index is 11.7. The molecule has 1 rings (SSSR count). The Morgan fingerprint density at radius 1 is 1.50 bits per heavy atom. The summed E-state index contributed by atoms with van der Waals surface area (Å²) in [6.07, 6.45) is 2.79. The van der Waals surface area contributed by atoms with Crippen LogP contribution in [-0.4, -0.2) is 49.0 Å². The number of rotatable bonds is 3. The summed E-state index contributed by atoms with van der Waals surface area (Å²) in [5, 5.41) is 19.3. The van der Waals surface area contributed by atoms with Gasteiger partial charge in [-0.3, -0.25) is 15.5 Å². The van der Waals surface area contributed by atoms with E-state index in [2.05, 4.69) is 10.3 Å². The first-order chi connectivity index (χ1) is 10.3. The van der Waals surface area contributed by atoms with Crippen molar-refractivity contribution in [1.29, 1.82) is 5.41 Å². The molecule has 0 bridgehead atoms. The average Bonchev–Trinajstić information content (AvgIpc) is 2.46. The number of carbonyl (C=O) groups excluding carboxylic acids is 1. The van der Waals surface area contributed by atoms with Crippen LogP contribution >= 0.6 is 0 Å². The van der Waals surface area contributed by atoms with Gasteiger partial charge in [0.2, 0.25) is 11.9 Å². The van der Waals surface area contributed by atoms with Crippen molar-refractivity contribution >= 4 is 23.9 Å². The SMILES string of the molecule is COc1cc(/C=C/C(=O)N/C(N)=N/C(=N)N(C)C)ccc1O. The molecule has 0 aliphatic carbocycles. The van der Waals surface area contributed by atoms with Gasteiger partial charge in [-0.25, -0.2) is 0 Å². The Hall–Kier alpha value is -3.03. The van der Waals surface area contributed by atoms with Crippen molar-refractivity contribution in [3.05, 3.63) is 29.8 Å². The zero-order chi connectivity index (χ0) is 16.7. The molecule has 1 aromatic rings. The van der Waals surface area contributed by atoms with E-state index in [1.54, 1.807) is 26.2 Å². The Bertz CT molecular complexity index is 623. The highest BCUT2D eigenvalue weighted by Gasteiger charge is 2.03. The summed E-state index contributed by atoms with van der Waals surface area (Å²) >= 11 is 0. The fourth-order valence-corrected chi connectivity index (χ4v) is 1.38. The number of carbonyl (C=O) groups is 1. The highest BCUT2D eigenvalue weighted by atomic mass is 16.5. The highest BCUT2D eigenvalue weighted by Crippen LogP contribution is 2.26. The number of methoxy groups -OCH3 is 1. The number of hydrogen-bond donors (Lipinski definition) is 4. The molecule has 0 atom stereocenters. The molecule has 0 spiro atoms. The maximum Gasteiger partial charge on any atom is 0.250 e. The second-order valence-electron chi connectivity index (χ2n) is 4.47. The van der Waals surface area contributed by atoms with Crippen LogP contribution in [0, 0.1) is 5.41 Å². The van der Waals surface area contributed by atoms with Gasteiger partial charge in [0.15, 0.2) is 11.5 Å². The summed E-state index contributed by atoms with van der Waals surface area (Å²) < 4.78 is 4.97. The van der Waals surface area contributed by atoms with Gasteiger partial charge < -0.3 is 20.5 Å². The van der Waals surface area contributed by atoms with Gasteiger partial charge in [0, 0.05) is 20.2 Å². The second kappa shape index (κ2) is 7.67. The molecule has 118 valence electrons. The van der Waals surface area contributed by atoms with Crippen LogP contribution in [0.1, 0.15) is 5.56 Å². The molecule has 0 aromatic heterocycles. The fourth-order valence-electron chi connectivity index (χ4n) is 1.38. The third kappa shape index (κ3) is 5.16. The van der Waals surface area contributed by atoms with Crippen molar-refractivity contribution in [3.8, 4) is 11.5 Å². The van der Waals surface area contributed by atoms with Gasteiger partial charge in [0.25, 0.3) is 5.91 Å². The Labute approximate surface area is 128 Å². The quantitative estimate of drug-likeness (QED) is 0.364. The summed E-state index contributed by atoms with van der Waals surface area (Å²) in [5.41, 5.74) is 6.18. The lowest BCUT2D eigenvalue weighted by Crippen LogP contribution is -2.37. The number of amides is 1. The summed E-state index contributed by atoms with van der Waals surface area (Å²) in [5.74, 6) is -0.410. The number of aliphatic imine (C=N–C) groups is 1. The monoisotopic (exact) mass is 305 g/mol. The molecule has 0 aliphatic heterocycles. The average molecular weight is 305 g/mol. The molecule has 1 aromatic carbocycles. The standard InChI is InChI=1S/C14H19N5O3/c1-19(2)14(16)18-13(15)17-12(21)7-5-9-4-6-10(20)11(8-9)22-3/h4-8,20H,1-3H3,(H4,15,16,17,18,21)/b7-5+. The first kappa shape index (κ1) is 17.0. The first-order valence-corrected chi connectivity index (χ1v) is 6.29. The molecule has 8 nitrogen and oxygen atoms in total. The topological polar surface area (TPSA) is 124 Å². The van der Waals surface area contributed by atoms with Crippen LogP contribution in [-0.2, 0) is 4.79 Å². The summed E-state index contributed by atoms with van der Waals surface area (Å²) in [6, 6.07) is 4.67. The Morgan fingerprint density at radius 2 is 2.18 bits per heavy atom. The predicted octanol–water partition coefficient (Wildman–Crippen LogP) is 0.341. The highest BCUT2D eigenvalue weighted by molar-refractivity contribution is 6.06. The zero-order valence-electron chi connectivity index (χ0n) is 12.6. The third-order valence-electron chi connectivity index (χ3n) is 2.53. The minimum absolute atomic E-state index is 0.0164. The lowest BCUT2D eigenvalue weighted by atomic mass is 10.2. The molecule has 0 radical (unpaired) electrons. The Morgan fingerprint density at radius 3 is 2.77 bits per heavy atom. The predicted molar refractivity (Wildman–Crippen MR) is 84.9 cm³/mol. The van der Waals surface area contributed by atoms with Crippen LogP contribution in [0.2, 0.25) is 0 Å². The summed E-state index contributed by atoms with van der Waals surface area (Å²) in [7, 11) is 4.71. The summed E-state index contributed by atoms with van der Waals surface area (Å²) in [6.45, 7) is 0. The number of guanidine groups is 2. The zero-order valence-corrected chi connectivity index (χ0v) is 12.6. The van der Waals surface area contributed by atoms with Crippen LogP contribution in [0.4, 0.5) is 0 Å². The molecule has 22 heavy (non-hydrogen) atoms. The van der Waals surface area contributed by atoms with Crippen LogP contribution in [0.3, 0.4) is 0 Å². The molecular formula is C14H19N5O3. The summed E-state index contributed by atoms with van der Waals surface area (Å²) in [4.78, 5) is 16.8. The molecule has 0 saturated heterocycles. The molecular weight excluding hydrogens is 286 g/mol. The van der Waals surface area contributed by atoms with Crippen LogP contribution < -0.4 is 15.8 Å². The van der Waals surface area contributed by atoms with Crippen LogP contribution in [0.25, 0.3) is 6.08 Å². The minimum atomic E-state index is -0.486. The Kier molecular flexibility index (Phi) is 5.94. The molecule has 0 fully saturated rings. The lowest BCUT2D eigenvalue weighted by molar-refractivity contribution is -0.115. The number of aromatic hydroxyl groups is 1. The van der Waals surface area contributed by atoms with E-state index in [-0.39, 0.29) is 17.7 Å². The van der Waals surface area contributed by atoms with Gasteiger partial charge in [-0.2, -0.15) is 4.99 Å². The number of ether oxygens (including phenoxy) is 1. The van der Waals surface area contributed by atoms with Crippen molar-refractivity contribution in [2.24, 2.45) is 10.7 Å². The number of nitrogens with zero attached hydrogens (tertiary/aromatic N) is 2. The molecule has 0 unspecified atom stereocenters. The molecule has 1 amide bonds. The third-order valence-corrected chi connectivity index (χ3v) is 2.53. The number of hydrogen-bond acceptors (Lipinski definition) is 4. The van der Waals surface area contributed by atoms with Crippen molar-refractivity contribution < 1.29 is 14.6 Å². The number of nitrogens with one attached hydrogen (secondary N) is 2. The van der Waals surface area contributed by atoms with E-state index in [1.165, 1.54) is 30.2 Å². The molecule has 8 heteroatoms. The number of phenols is 1. The second-order valence-corrected chi connectivity index (χ2v) is 4.47. The van der Waals surface area contributed by atoms with Gasteiger partial charge in [-0.15, -0.1) is 0 Å². The van der Waals surface area contributed by atoms with Crippen molar-refractivity contribution in [1.82, 2.24) is 10.2 Å². The molecule has 0 aliphatic rings. The van der Waals surface area contributed by atoms with Gasteiger partial charge in [0.1, 0.15) is 0 Å². The number of phenolic OH excluding ortho intramolecular Hbond substituents is 1. The number of benzene rings is 1. The van der Waals surface area contributed by atoms with Crippen molar-refractivity contribution in [3.63, 3.8) is 0 Å². The largest absolute Gasteiger partial charge is 0.504 e. The van der Waals surface area contributed by atoms with Crippen molar-refractivity contribution in [2.45, 2.75) is 0 Å². The fraction of sp³-hybridized carbons (Fsp3) is 0.214. The lowest BCUT2D eigenvalue weighted by Gasteiger charge is -2.09. The normalized spacial score (nSPS) is 11.3. The van der Waals surface area contributed by atoms with E-state index in [0.29, 0.717) is 11.3 Å². The van der Waals surface area contributed by atoms with Crippen LogP contribution in [0.15, 0.2) is 29.3 Å². The van der Waals surface area contributed by atoms with E-state index < -0.39 is 5.91 Å². The Balaban J connectivity index is 2.70. The van der Waals surface area contributed by atoms with E-state index in [4.69, 9.17) is 15.9 Å². The van der Waals surface area contributed by atoms with Gasteiger partial charge in [0.05, 0.1) is 7.11 Å². The maximum atomic E-state index is 11.7. The van der Waals surface area contributed by atoms with Crippen LogP contribution in [0.5, 0.6) is 11.5 Å². The van der Waals surface area contributed by atoms with Crippen molar-refractivity contribution in [2.75, 3.05) is 21.2 Å². The first-order valence-electron chi connectivity index (χ1n) is 6.29. The molecule has 5 N–H and O–H groups in total. The van der Waals surface area contributed by atoms with Gasteiger partial charge >= 0.3 is 0 Å². The smallest absolute Gasteiger partial charge is 0.250 e. The van der Waals surface area contributed by atoms with E-state index >= 15 is 0 Å². The molecule has 0 saturated carbocycles.